The standard InChI is InChI=1S/C20H23N6O7P/c1-11(12-6-4-3-5-7-12)23-18-15-19(25-14(8-21)24-18)26(10-22-15)20-17(28)16(27)13(32-20)9-31-33-34(2,29)30/h3-7,10-11,13,16-17,20,27-28H,9H2,1-2H3,(H,29,30)(H,23,24,25)/t11?,13-,16-,17-,20-/m1/s1. The highest BCUT2D eigenvalue weighted by atomic mass is 31.2. The van der Waals surface area contributed by atoms with Crippen molar-refractivity contribution in [3.63, 3.8) is 0 Å². The van der Waals surface area contributed by atoms with Crippen molar-refractivity contribution in [1.29, 1.82) is 5.26 Å². The summed E-state index contributed by atoms with van der Waals surface area (Å²) in [5.74, 6) is 0.194. The van der Waals surface area contributed by atoms with Gasteiger partial charge < -0.3 is 25.2 Å². The van der Waals surface area contributed by atoms with E-state index in [1.54, 1.807) is 0 Å². The van der Waals surface area contributed by atoms with E-state index in [4.69, 9.17) is 9.63 Å². The molecule has 1 aromatic carbocycles. The smallest absolute Gasteiger partial charge is 0.352 e. The van der Waals surface area contributed by atoms with Crippen molar-refractivity contribution in [2.75, 3.05) is 18.6 Å². The number of nitrogens with one attached hydrogen (secondary N) is 1. The van der Waals surface area contributed by atoms with E-state index in [1.165, 1.54) is 10.9 Å². The van der Waals surface area contributed by atoms with Gasteiger partial charge >= 0.3 is 7.60 Å². The molecule has 14 heteroatoms. The summed E-state index contributed by atoms with van der Waals surface area (Å²) in [4.78, 5) is 26.6. The van der Waals surface area contributed by atoms with Crippen LogP contribution in [0.15, 0.2) is 36.7 Å². The first-order valence-electron chi connectivity index (χ1n) is 10.3. The summed E-state index contributed by atoms with van der Waals surface area (Å²) in [6.07, 6.45) is -3.65. The van der Waals surface area contributed by atoms with E-state index in [2.05, 4.69) is 29.8 Å². The van der Waals surface area contributed by atoms with Crippen LogP contribution < -0.4 is 5.32 Å². The Kier molecular flexibility index (Phi) is 6.92. The Labute approximate surface area is 194 Å². The zero-order chi connectivity index (χ0) is 24.5. The summed E-state index contributed by atoms with van der Waals surface area (Å²) in [5.41, 5.74) is 1.54. The van der Waals surface area contributed by atoms with E-state index in [0.717, 1.165) is 12.2 Å². The largest absolute Gasteiger partial charge is 0.387 e. The van der Waals surface area contributed by atoms with Gasteiger partial charge in [0.05, 0.1) is 12.4 Å². The van der Waals surface area contributed by atoms with Crippen molar-refractivity contribution >= 4 is 24.6 Å². The number of nitriles is 1. The van der Waals surface area contributed by atoms with Crippen molar-refractivity contribution in [1.82, 2.24) is 19.5 Å². The van der Waals surface area contributed by atoms with E-state index in [0.29, 0.717) is 11.3 Å². The molecule has 0 spiro atoms. The lowest BCUT2D eigenvalue weighted by Gasteiger charge is -2.18. The minimum absolute atomic E-state index is 0.125. The van der Waals surface area contributed by atoms with Gasteiger partial charge in [0, 0.05) is 6.66 Å². The molecule has 1 saturated heterocycles. The van der Waals surface area contributed by atoms with Crippen LogP contribution in [-0.2, 0) is 18.9 Å². The highest BCUT2D eigenvalue weighted by Gasteiger charge is 2.45. The van der Waals surface area contributed by atoms with Gasteiger partial charge in [0.2, 0.25) is 5.82 Å². The first-order chi connectivity index (χ1) is 16.2. The number of benzene rings is 1. The van der Waals surface area contributed by atoms with Crippen LogP contribution >= 0.6 is 7.60 Å². The van der Waals surface area contributed by atoms with E-state index >= 15 is 0 Å². The van der Waals surface area contributed by atoms with Crippen molar-refractivity contribution in [2.24, 2.45) is 0 Å². The van der Waals surface area contributed by atoms with Gasteiger partial charge in [-0.3, -0.25) is 9.13 Å². The van der Waals surface area contributed by atoms with Gasteiger partial charge in [-0.05, 0) is 12.5 Å². The number of aliphatic hydroxyl groups is 2. The molecule has 6 atom stereocenters. The summed E-state index contributed by atoms with van der Waals surface area (Å²) in [6, 6.07) is 11.4. The van der Waals surface area contributed by atoms with Crippen molar-refractivity contribution in [3.8, 4) is 6.07 Å². The molecule has 0 bridgehead atoms. The lowest BCUT2D eigenvalue weighted by atomic mass is 10.1. The minimum Gasteiger partial charge on any atom is -0.387 e. The van der Waals surface area contributed by atoms with Crippen LogP contribution in [0.4, 0.5) is 5.82 Å². The van der Waals surface area contributed by atoms with Gasteiger partial charge in [-0.1, -0.05) is 30.3 Å². The van der Waals surface area contributed by atoms with Gasteiger partial charge in [-0.25, -0.2) is 9.87 Å². The zero-order valence-electron chi connectivity index (χ0n) is 18.2. The van der Waals surface area contributed by atoms with Crippen LogP contribution in [0.5, 0.6) is 0 Å². The molecule has 13 nitrogen and oxygen atoms in total. The molecule has 0 amide bonds. The molecule has 4 N–H and O–H groups in total. The summed E-state index contributed by atoms with van der Waals surface area (Å²) >= 11 is 0. The van der Waals surface area contributed by atoms with Crippen LogP contribution in [-0.4, -0.2) is 66.2 Å². The van der Waals surface area contributed by atoms with Crippen LogP contribution in [0.2, 0.25) is 0 Å². The number of aliphatic hydroxyl groups excluding tert-OH is 2. The molecule has 2 unspecified atom stereocenters. The number of rotatable bonds is 8. The predicted octanol–water partition coefficient (Wildman–Crippen LogP) is 1.25. The predicted molar refractivity (Wildman–Crippen MR) is 117 cm³/mol. The highest BCUT2D eigenvalue weighted by Crippen LogP contribution is 2.38. The number of ether oxygens (including phenoxy) is 1. The lowest BCUT2D eigenvalue weighted by Crippen LogP contribution is -2.33. The van der Waals surface area contributed by atoms with Crippen molar-refractivity contribution < 1.29 is 34.0 Å². The third-order valence-corrected chi connectivity index (χ3v) is 5.59. The second kappa shape index (κ2) is 9.73. The second-order valence-electron chi connectivity index (χ2n) is 7.82. The van der Waals surface area contributed by atoms with Gasteiger partial charge in [0.1, 0.15) is 31.0 Å². The topological polar surface area (TPSA) is 185 Å². The molecule has 3 aromatic rings. The number of hydrogen-bond acceptors (Lipinski definition) is 11. The van der Waals surface area contributed by atoms with E-state index in [1.807, 2.05) is 43.3 Å². The Bertz CT molecular complexity index is 1240. The Morgan fingerprint density at radius 3 is 2.71 bits per heavy atom. The SMILES string of the molecule is CC(Nc1nc(C#N)nc2c1ncn2[C@@H]1O[C@H](COOP(C)(=O)O)[C@@H](O)[C@H]1O)c1ccccc1. The first-order valence-corrected chi connectivity index (χ1v) is 12.3. The fraction of sp³-hybridized carbons (Fsp3) is 0.400. The van der Waals surface area contributed by atoms with Gasteiger partial charge in [0.25, 0.3) is 0 Å². The van der Waals surface area contributed by atoms with E-state index in [9.17, 15) is 20.0 Å². The van der Waals surface area contributed by atoms with Crippen LogP contribution in [0.1, 0.15) is 30.6 Å². The van der Waals surface area contributed by atoms with Crippen molar-refractivity contribution in [3.05, 3.63) is 48.0 Å². The van der Waals surface area contributed by atoms with Crippen LogP contribution in [0, 0.1) is 11.3 Å². The first kappa shape index (κ1) is 24.2. The molecule has 180 valence electrons. The Morgan fingerprint density at radius 1 is 1.29 bits per heavy atom. The lowest BCUT2D eigenvalue weighted by molar-refractivity contribution is -0.238. The summed E-state index contributed by atoms with van der Waals surface area (Å²) in [7, 11) is -3.89. The molecule has 0 aliphatic carbocycles. The third-order valence-electron chi connectivity index (χ3n) is 5.21. The molecule has 0 radical (unpaired) electrons. The summed E-state index contributed by atoms with van der Waals surface area (Å²) < 4.78 is 22.6. The molecule has 0 saturated carbocycles. The summed E-state index contributed by atoms with van der Waals surface area (Å²) in [6.45, 7) is 2.45. The van der Waals surface area contributed by atoms with Gasteiger partial charge in [0.15, 0.2) is 23.2 Å². The number of aromatic nitrogens is 4. The average Bonchev–Trinajstić information content (AvgIpc) is 3.35. The Balaban J connectivity index is 1.61. The number of nitrogens with zero attached hydrogens (tertiary/aromatic N) is 5. The molecule has 2 aromatic heterocycles. The fourth-order valence-corrected chi connectivity index (χ4v) is 3.83. The Morgan fingerprint density at radius 2 is 2.03 bits per heavy atom. The third kappa shape index (κ3) is 5.08. The Hall–Kier alpha value is -2.95. The molecule has 4 rings (SSSR count). The molecule has 1 aliphatic rings. The molecule has 1 aliphatic heterocycles. The monoisotopic (exact) mass is 490 g/mol. The number of hydrogen-bond donors (Lipinski definition) is 4. The normalized spacial score (nSPS) is 25.1. The minimum atomic E-state index is -3.89. The second-order valence-corrected chi connectivity index (χ2v) is 9.57. The molecule has 34 heavy (non-hydrogen) atoms. The maximum atomic E-state index is 11.2. The molecular formula is C20H23N6O7P. The molecule has 1 fully saturated rings. The fourth-order valence-electron chi connectivity index (χ4n) is 3.58. The quantitative estimate of drug-likeness (QED) is 0.202. The van der Waals surface area contributed by atoms with Crippen LogP contribution in [0.25, 0.3) is 11.2 Å². The average molecular weight is 490 g/mol. The van der Waals surface area contributed by atoms with Gasteiger partial charge in [-0.2, -0.15) is 15.2 Å². The number of imidazole rings is 1. The highest BCUT2D eigenvalue weighted by molar-refractivity contribution is 7.51. The zero-order valence-corrected chi connectivity index (χ0v) is 19.1. The number of anilines is 1. The van der Waals surface area contributed by atoms with E-state index in [-0.39, 0.29) is 17.5 Å². The van der Waals surface area contributed by atoms with Crippen LogP contribution in [0.3, 0.4) is 0 Å². The summed E-state index contributed by atoms with van der Waals surface area (Å²) in [5, 5.41) is 33.6. The molecular weight excluding hydrogens is 467 g/mol. The van der Waals surface area contributed by atoms with Gasteiger partial charge in [-0.15, -0.1) is 4.67 Å². The number of fused-ring (bicyclic) bond motifs is 1. The maximum Gasteiger partial charge on any atom is 0.352 e. The maximum absolute atomic E-state index is 11.2. The molecule has 3 heterocycles. The van der Waals surface area contributed by atoms with Crippen molar-refractivity contribution in [2.45, 2.75) is 37.5 Å². The van der Waals surface area contributed by atoms with E-state index < -0.39 is 38.7 Å².